The Hall–Kier alpha value is -3.84. The number of anilines is 1. The van der Waals surface area contributed by atoms with Gasteiger partial charge < -0.3 is 14.8 Å². The third kappa shape index (κ3) is 6.33. The van der Waals surface area contributed by atoms with Crippen LogP contribution in [0.15, 0.2) is 102 Å². The number of halogens is 1. The number of nitro groups is 1. The van der Waals surface area contributed by atoms with Crippen molar-refractivity contribution in [3.63, 3.8) is 0 Å². The number of rotatable bonds is 9. The smallest absolute Gasteiger partial charge is 0.269 e. The zero-order valence-electron chi connectivity index (χ0n) is 17.6. The number of para-hydroxylation sites is 1. The van der Waals surface area contributed by atoms with Crippen molar-refractivity contribution in [3.05, 3.63) is 123 Å². The summed E-state index contributed by atoms with van der Waals surface area (Å²) in [5.41, 5.74) is 2.86. The van der Waals surface area contributed by atoms with E-state index in [1.54, 1.807) is 12.1 Å². The fourth-order valence-corrected chi connectivity index (χ4v) is 3.57. The SMILES string of the molecule is O=[N+]([O-])c1ccc(COc2ccc(Br)cc2CNc2ccc(Oc3ccccc3)cc2)cc1. The molecule has 0 aliphatic rings. The third-order valence-corrected chi connectivity index (χ3v) is 5.37. The summed E-state index contributed by atoms with van der Waals surface area (Å²) in [6.07, 6.45) is 0. The van der Waals surface area contributed by atoms with Gasteiger partial charge in [-0.15, -0.1) is 0 Å². The maximum Gasteiger partial charge on any atom is 0.269 e. The van der Waals surface area contributed by atoms with Crippen LogP contribution in [0.5, 0.6) is 17.2 Å². The molecule has 0 aromatic heterocycles. The lowest BCUT2D eigenvalue weighted by Gasteiger charge is -2.14. The molecular formula is C26H21BrN2O4. The average Bonchev–Trinajstić information content (AvgIpc) is 2.84. The van der Waals surface area contributed by atoms with E-state index in [0.717, 1.165) is 38.5 Å². The van der Waals surface area contributed by atoms with Crippen LogP contribution in [0, 0.1) is 10.1 Å². The lowest BCUT2D eigenvalue weighted by molar-refractivity contribution is -0.384. The van der Waals surface area contributed by atoms with Gasteiger partial charge in [0.25, 0.3) is 5.69 Å². The average molecular weight is 505 g/mol. The Morgan fingerprint density at radius 1 is 0.848 bits per heavy atom. The highest BCUT2D eigenvalue weighted by Crippen LogP contribution is 2.27. The molecule has 4 aromatic carbocycles. The quantitative estimate of drug-likeness (QED) is 0.190. The number of benzene rings is 4. The van der Waals surface area contributed by atoms with E-state index < -0.39 is 4.92 Å². The molecule has 0 saturated carbocycles. The predicted molar refractivity (Wildman–Crippen MR) is 132 cm³/mol. The lowest BCUT2D eigenvalue weighted by Crippen LogP contribution is -2.04. The van der Waals surface area contributed by atoms with E-state index in [9.17, 15) is 10.1 Å². The highest BCUT2D eigenvalue weighted by atomic mass is 79.9. The van der Waals surface area contributed by atoms with Crippen molar-refractivity contribution in [3.8, 4) is 17.2 Å². The van der Waals surface area contributed by atoms with Crippen molar-refractivity contribution >= 4 is 27.3 Å². The van der Waals surface area contributed by atoms with Crippen molar-refractivity contribution in [2.75, 3.05) is 5.32 Å². The van der Waals surface area contributed by atoms with Crippen molar-refractivity contribution in [1.82, 2.24) is 0 Å². The van der Waals surface area contributed by atoms with Gasteiger partial charge in [-0.25, -0.2) is 0 Å². The minimum absolute atomic E-state index is 0.0625. The van der Waals surface area contributed by atoms with Crippen LogP contribution in [-0.2, 0) is 13.2 Å². The van der Waals surface area contributed by atoms with Gasteiger partial charge in [0.05, 0.1) is 4.92 Å². The molecule has 0 unspecified atom stereocenters. The fraction of sp³-hybridized carbons (Fsp3) is 0.0769. The molecule has 0 bridgehead atoms. The summed E-state index contributed by atoms with van der Waals surface area (Å²) in [5.74, 6) is 2.30. The second kappa shape index (κ2) is 10.7. The second-order valence-electron chi connectivity index (χ2n) is 7.26. The first-order chi connectivity index (χ1) is 16.1. The summed E-state index contributed by atoms with van der Waals surface area (Å²) in [5, 5.41) is 14.2. The van der Waals surface area contributed by atoms with Gasteiger partial charge in [0.1, 0.15) is 23.9 Å². The van der Waals surface area contributed by atoms with Crippen molar-refractivity contribution in [1.29, 1.82) is 0 Å². The van der Waals surface area contributed by atoms with E-state index in [2.05, 4.69) is 21.2 Å². The van der Waals surface area contributed by atoms with Gasteiger partial charge >= 0.3 is 0 Å². The van der Waals surface area contributed by atoms with E-state index >= 15 is 0 Å². The van der Waals surface area contributed by atoms with Gasteiger partial charge in [0.2, 0.25) is 0 Å². The second-order valence-corrected chi connectivity index (χ2v) is 8.17. The van der Waals surface area contributed by atoms with Crippen LogP contribution in [-0.4, -0.2) is 4.92 Å². The first kappa shape index (κ1) is 22.4. The summed E-state index contributed by atoms with van der Waals surface area (Å²) in [6.45, 7) is 0.881. The molecule has 0 fully saturated rings. The molecule has 0 aliphatic carbocycles. The molecule has 4 rings (SSSR count). The number of non-ortho nitro benzene ring substituents is 1. The highest BCUT2D eigenvalue weighted by Gasteiger charge is 2.08. The molecule has 0 aliphatic heterocycles. The normalized spacial score (nSPS) is 10.5. The third-order valence-electron chi connectivity index (χ3n) is 4.88. The molecular weight excluding hydrogens is 484 g/mol. The predicted octanol–water partition coefficient (Wildman–Crippen LogP) is 7.34. The Morgan fingerprint density at radius 2 is 1.55 bits per heavy atom. The zero-order chi connectivity index (χ0) is 23.0. The number of nitrogens with zero attached hydrogens (tertiary/aromatic N) is 1. The fourth-order valence-electron chi connectivity index (χ4n) is 3.16. The summed E-state index contributed by atoms with van der Waals surface area (Å²) < 4.78 is 12.8. The van der Waals surface area contributed by atoms with E-state index in [0.29, 0.717) is 13.2 Å². The van der Waals surface area contributed by atoms with Gasteiger partial charge in [0.15, 0.2) is 0 Å². The maximum absolute atomic E-state index is 10.8. The molecule has 0 atom stereocenters. The van der Waals surface area contributed by atoms with Crippen LogP contribution in [0.2, 0.25) is 0 Å². The molecule has 6 nitrogen and oxygen atoms in total. The Labute approximate surface area is 200 Å². The van der Waals surface area contributed by atoms with Gasteiger partial charge in [-0.1, -0.05) is 34.1 Å². The Morgan fingerprint density at radius 3 is 2.24 bits per heavy atom. The lowest BCUT2D eigenvalue weighted by atomic mass is 10.2. The van der Waals surface area contributed by atoms with E-state index in [-0.39, 0.29) is 5.69 Å². The van der Waals surface area contributed by atoms with Crippen LogP contribution in [0.3, 0.4) is 0 Å². The molecule has 0 radical (unpaired) electrons. The molecule has 0 heterocycles. The zero-order valence-corrected chi connectivity index (χ0v) is 19.2. The number of hydrogen-bond acceptors (Lipinski definition) is 5. The summed E-state index contributed by atoms with van der Waals surface area (Å²) in [4.78, 5) is 10.4. The molecule has 0 saturated heterocycles. The molecule has 4 aromatic rings. The standard InChI is InChI=1S/C26H21BrN2O4/c27-21-8-15-26(32-18-19-6-11-23(12-7-19)29(30)31)20(16-21)17-28-22-9-13-25(14-10-22)33-24-4-2-1-3-5-24/h1-16,28H,17-18H2. The molecule has 7 heteroatoms. The van der Waals surface area contributed by atoms with E-state index in [1.807, 2.05) is 72.8 Å². The maximum atomic E-state index is 10.8. The number of nitro benzene ring substituents is 1. The van der Waals surface area contributed by atoms with Gasteiger partial charge in [-0.2, -0.15) is 0 Å². The molecule has 33 heavy (non-hydrogen) atoms. The van der Waals surface area contributed by atoms with Crippen LogP contribution < -0.4 is 14.8 Å². The minimum atomic E-state index is -0.413. The van der Waals surface area contributed by atoms with Gasteiger partial charge in [-0.05, 0) is 72.3 Å². The van der Waals surface area contributed by atoms with Gasteiger partial charge in [-0.3, -0.25) is 10.1 Å². The molecule has 0 amide bonds. The van der Waals surface area contributed by atoms with Crippen LogP contribution in [0.25, 0.3) is 0 Å². The first-order valence-corrected chi connectivity index (χ1v) is 11.1. The highest BCUT2D eigenvalue weighted by molar-refractivity contribution is 9.10. The Kier molecular flexibility index (Phi) is 7.22. The van der Waals surface area contributed by atoms with Crippen LogP contribution in [0.1, 0.15) is 11.1 Å². The summed E-state index contributed by atoms with van der Waals surface area (Å²) >= 11 is 3.52. The molecule has 0 spiro atoms. The van der Waals surface area contributed by atoms with E-state index in [1.165, 1.54) is 12.1 Å². The topological polar surface area (TPSA) is 73.6 Å². The van der Waals surface area contributed by atoms with E-state index in [4.69, 9.17) is 9.47 Å². The van der Waals surface area contributed by atoms with Crippen molar-refractivity contribution in [2.45, 2.75) is 13.2 Å². The minimum Gasteiger partial charge on any atom is -0.489 e. The van der Waals surface area contributed by atoms with Crippen molar-refractivity contribution in [2.24, 2.45) is 0 Å². The number of nitrogens with one attached hydrogen (secondary N) is 1. The Bertz CT molecular complexity index is 1210. The first-order valence-electron chi connectivity index (χ1n) is 10.3. The summed E-state index contributed by atoms with van der Waals surface area (Å²) in [7, 11) is 0. The number of ether oxygens (including phenoxy) is 2. The summed E-state index contributed by atoms with van der Waals surface area (Å²) in [6, 6.07) is 29.6. The largest absolute Gasteiger partial charge is 0.489 e. The van der Waals surface area contributed by atoms with Crippen molar-refractivity contribution < 1.29 is 14.4 Å². The number of hydrogen-bond donors (Lipinski definition) is 1. The van der Waals surface area contributed by atoms with Gasteiger partial charge in [0, 0.05) is 34.4 Å². The Balaban J connectivity index is 1.37. The monoisotopic (exact) mass is 504 g/mol. The van der Waals surface area contributed by atoms with Crippen LogP contribution in [0.4, 0.5) is 11.4 Å². The molecule has 1 N–H and O–H groups in total. The van der Waals surface area contributed by atoms with Crippen LogP contribution >= 0.6 is 15.9 Å². The molecule has 166 valence electrons.